The number of nitrogens with zero attached hydrogens (tertiary/aromatic N) is 1. The third kappa shape index (κ3) is 5.11. The van der Waals surface area contributed by atoms with E-state index in [4.69, 9.17) is 19.9 Å². The second-order valence-corrected chi connectivity index (χ2v) is 5.06. The Morgan fingerprint density at radius 2 is 1.65 bits per heavy atom. The van der Waals surface area contributed by atoms with Gasteiger partial charge in [0.25, 0.3) is 5.91 Å². The first-order valence-electron chi connectivity index (χ1n) is 7.55. The zero-order chi connectivity index (χ0) is 18.2. The van der Waals surface area contributed by atoms with Crippen molar-refractivity contribution in [3.05, 3.63) is 53.1 Å². The van der Waals surface area contributed by atoms with Crippen molar-refractivity contribution in [1.29, 1.82) is 0 Å². The minimum atomic E-state index is -0.313. The van der Waals surface area contributed by atoms with Gasteiger partial charge in [-0.05, 0) is 29.8 Å². The van der Waals surface area contributed by atoms with Gasteiger partial charge in [0.1, 0.15) is 0 Å². The number of rotatable bonds is 7. The molecule has 0 spiro atoms. The van der Waals surface area contributed by atoms with E-state index < -0.39 is 0 Å². The number of hydrazone groups is 1. The van der Waals surface area contributed by atoms with Crippen LogP contribution in [0.1, 0.15) is 21.5 Å². The Hall–Kier alpha value is -2.77. The third-order valence-electron chi connectivity index (χ3n) is 3.52. The second-order valence-electron chi connectivity index (χ2n) is 5.06. The van der Waals surface area contributed by atoms with Crippen molar-refractivity contribution >= 4 is 24.5 Å². The number of amides is 1. The molecule has 8 heteroatoms. The van der Waals surface area contributed by atoms with Gasteiger partial charge in [-0.3, -0.25) is 4.79 Å². The van der Waals surface area contributed by atoms with E-state index in [9.17, 15) is 4.79 Å². The minimum absolute atomic E-state index is 0. The number of carbonyl (C=O) groups excluding carboxylic acids is 1. The average Bonchev–Trinajstić information content (AvgIpc) is 2.66. The lowest BCUT2D eigenvalue weighted by atomic mass is 10.1. The van der Waals surface area contributed by atoms with Crippen LogP contribution in [0.4, 0.5) is 0 Å². The van der Waals surface area contributed by atoms with Crippen LogP contribution in [0.25, 0.3) is 0 Å². The number of benzene rings is 2. The average molecular weight is 380 g/mol. The van der Waals surface area contributed by atoms with Gasteiger partial charge in [0.05, 0.1) is 27.5 Å². The molecule has 7 nitrogen and oxygen atoms in total. The van der Waals surface area contributed by atoms with E-state index in [0.717, 1.165) is 5.56 Å². The maximum Gasteiger partial charge on any atom is 0.271 e. The zero-order valence-corrected chi connectivity index (χ0v) is 15.6. The number of hydrogen-bond donors (Lipinski definition) is 2. The molecule has 140 valence electrons. The highest BCUT2D eigenvalue weighted by molar-refractivity contribution is 5.95. The molecular formula is C18H22ClN3O4. The number of halogens is 1. The molecule has 3 N–H and O–H groups in total. The maximum atomic E-state index is 12.1. The van der Waals surface area contributed by atoms with Gasteiger partial charge in [0, 0.05) is 17.7 Å². The monoisotopic (exact) mass is 379 g/mol. The van der Waals surface area contributed by atoms with Gasteiger partial charge in [0.15, 0.2) is 11.5 Å². The van der Waals surface area contributed by atoms with E-state index in [1.165, 1.54) is 27.5 Å². The zero-order valence-electron chi connectivity index (χ0n) is 14.8. The van der Waals surface area contributed by atoms with Crippen molar-refractivity contribution in [3.63, 3.8) is 0 Å². The summed E-state index contributed by atoms with van der Waals surface area (Å²) in [5.74, 6) is 1.19. The number of nitrogens with two attached hydrogens (primary N) is 1. The molecular weight excluding hydrogens is 358 g/mol. The summed E-state index contributed by atoms with van der Waals surface area (Å²) in [5.41, 5.74) is 10.2. The highest BCUT2D eigenvalue weighted by Gasteiger charge is 2.12. The summed E-state index contributed by atoms with van der Waals surface area (Å²) in [6.07, 6.45) is 1.50. The summed E-state index contributed by atoms with van der Waals surface area (Å²) in [6.45, 7) is 0.432. The topological polar surface area (TPSA) is 95.2 Å². The summed E-state index contributed by atoms with van der Waals surface area (Å²) in [5, 5.41) is 3.97. The highest BCUT2D eigenvalue weighted by Crippen LogP contribution is 2.37. The Labute approximate surface area is 158 Å². The van der Waals surface area contributed by atoms with E-state index in [1.807, 2.05) is 0 Å². The number of nitrogens with one attached hydrogen (secondary N) is 1. The number of hydrogen-bond acceptors (Lipinski definition) is 6. The van der Waals surface area contributed by atoms with Crippen LogP contribution in [0.3, 0.4) is 0 Å². The first-order chi connectivity index (χ1) is 12.1. The molecule has 0 unspecified atom stereocenters. The predicted molar refractivity (Wildman–Crippen MR) is 103 cm³/mol. The third-order valence-corrected chi connectivity index (χ3v) is 3.52. The standard InChI is InChI=1S/C18H21N3O4.ClH/c1-23-15-8-13(9-16(24-2)17(15)25-3)11-20-21-18(22)14-6-4-12(10-19)5-7-14;/h4-9,11H,10,19H2,1-3H3,(H,21,22);1H/b20-11+;. The van der Waals surface area contributed by atoms with Crippen molar-refractivity contribution in [3.8, 4) is 17.2 Å². The summed E-state index contributed by atoms with van der Waals surface area (Å²) in [6, 6.07) is 10.5. The summed E-state index contributed by atoms with van der Waals surface area (Å²) in [7, 11) is 4.60. The first-order valence-corrected chi connectivity index (χ1v) is 7.55. The van der Waals surface area contributed by atoms with Crippen molar-refractivity contribution in [2.75, 3.05) is 21.3 Å². The van der Waals surface area contributed by atoms with Crippen molar-refractivity contribution < 1.29 is 19.0 Å². The van der Waals surface area contributed by atoms with Gasteiger partial charge >= 0.3 is 0 Å². The molecule has 2 aromatic rings. The normalized spacial score (nSPS) is 10.2. The molecule has 0 fully saturated rings. The molecule has 0 aliphatic heterocycles. The van der Waals surface area contributed by atoms with Crippen LogP contribution in [-0.2, 0) is 6.54 Å². The second kappa shape index (κ2) is 10.3. The lowest BCUT2D eigenvalue weighted by Crippen LogP contribution is -2.17. The van der Waals surface area contributed by atoms with Gasteiger partial charge in [-0.15, -0.1) is 12.4 Å². The Bertz CT molecular complexity index is 739. The fourth-order valence-electron chi connectivity index (χ4n) is 2.20. The van der Waals surface area contributed by atoms with Gasteiger partial charge in [-0.25, -0.2) is 5.43 Å². The van der Waals surface area contributed by atoms with Crippen molar-refractivity contribution in [2.45, 2.75) is 6.54 Å². The molecule has 0 heterocycles. The van der Waals surface area contributed by atoms with Crippen molar-refractivity contribution in [1.82, 2.24) is 5.43 Å². The Morgan fingerprint density at radius 3 is 2.12 bits per heavy atom. The molecule has 2 rings (SSSR count). The van der Waals surface area contributed by atoms with E-state index in [1.54, 1.807) is 36.4 Å². The van der Waals surface area contributed by atoms with Crippen molar-refractivity contribution in [2.24, 2.45) is 10.8 Å². The fraction of sp³-hybridized carbons (Fsp3) is 0.222. The van der Waals surface area contributed by atoms with Crippen LogP contribution in [-0.4, -0.2) is 33.5 Å². The van der Waals surface area contributed by atoms with Crippen LogP contribution in [0.2, 0.25) is 0 Å². The molecule has 0 aliphatic carbocycles. The van der Waals surface area contributed by atoms with Gasteiger partial charge in [-0.2, -0.15) is 5.10 Å². The SMILES string of the molecule is COc1cc(/C=N/NC(=O)c2ccc(CN)cc2)cc(OC)c1OC.Cl. The molecule has 0 aromatic heterocycles. The number of carbonyl (C=O) groups is 1. The summed E-state index contributed by atoms with van der Waals surface area (Å²) >= 11 is 0. The molecule has 0 radical (unpaired) electrons. The van der Waals surface area contributed by atoms with Gasteiger partial charge in [0.2, 0.25) is 5.75 Å². The largest absolute Gasteiger partial charge is 0.493 e. The quantitative estimate of drug-likeness (QED) is 0.568. The molecule has 0 saturated carbocycles. The van der Waals surface area contributed by atoms with Crippen LogP contribution in [0.5, 0.6) is 17.2 Å². The highest BCUT2D eigenvalue weighted by atomic mass is 35.5. The molecule has 0 bridgehead atoms. The molecule has 1 amide bonds. The molecule has 0 saturated heterocycles. The molecule has 26 heavy (non-hydrogen) atoms. The first kappa shape index (κ1) is 21.3. The number of methoxy groups -OCH3 is 3. The van der Waals surface area contributed by atoms with E-state index in [-0.39, 0.29) is 18.3 Å². The summed E-state index contributed by atoms with van der Waals surface area (Å²) in [4.78, 5) is 12.1. The van der Waals surface area contributed by atoms with Gasteiger partial charge < -0.3 is 19.9 Å². The minimum Gasteiger partial charge on any atom is -0.493 e. The van der Waals surface area contributed by atoms with Gasteiger partial charge in [-0.1, -0.05) is 12.1 Å². The smallest absolute Gasteiger partial charge is 0.271 e. The summed E-state index contributed by atoms with van der Waals surface area (Å²) < 4.78 is 15.8. The fourth-order valence-corrected chi connectivity index (χ4v) is 2.20. The Kier molecular flexibility index (Phi) is 8.41. The van der Waals surface area contributed by atoms with Crippen LogP contribution in [0, 0.1) is 0 Å². The lowest BCUT2D eigenvalue weighted by molar-refractivity contribution is 0.0955. The molecule has 2 aromatic carbocycles. The predicted octanol–water partition coefficient (Wildman–Crippen LogP) is 2.36. The Balaban J connectivity index is 0.00000338. The molecule has 0 atom stereocenters. The molecule has 0 aliphatic rings. The van der Waals surface area contributed by atoms with Crippen LogP contribution in [0.15, 0.2) is 41.5 Å². The van der Waals surface area contributed by atoms with Crippen LogP contribution >= 0.6 is 12.4 Å². The van der Waals surface area contributed by atoms with E-state index in [2.05, 4.69) is 10.5 Å². The maximum absolute atomic E-state index is 12.1. The van der Waals surface area contributed by atoms with Crippen LogP contribution < -0.4 is 25.4 Å². The van der Waals surface area contributed by atoms with E-state index in [0.29, 0.717) is 34.9 Å². The Morgan fingerprint density at radius 1 is 1.08 bits per heavy atom. The van der Waals surface area contributed by atoms with E-state index >= 15 is 0 Å². The number of ether oxygens (including phenoxy) is 3. The lowest BCUT2D eigenvalue weighted by Gasteiger charge is -2.12.